The van der Waals surface area contributed by atoms with Crippen LogP contribution in [0.4, 0.5) is 11.4 Å². The van der Waals surface area contributed by atoms with E-state index in [2.05, 4.69) is 22.9 Å². The Morgan fingerprint density at radius 3 is 2.57 bits per heavy atom. The molecule has 2 amide bonds. The van der Waals surface area contributed by atoms with Gasteiger partial charge in [0.15, 0.2) is 5.11 Å². The first-order chi connectivity index (χ1) is 14.4. The number of halogens is 1. The van der Waals surface area contributed by atoms with Crippen LogP contribution in [0.2, 0.25) is 5.02 Å². The van der Waals surface area contributed by atoms with Crippen molar-refractivity contribution in [1.29, 1.82) is 0 Å². The summed E-state index contributed by atoms with van der Waals surface area (Å²) >= 11 is 11.5. The summed E-state index contributed by atoms with van der Waals surface area (Å²) in [6.07, 6.45) is 3.09. The molecule has 2 aromatic rings. The number of hydrogen-bond acceptors (Lipinski definition) is 4. The summed E-state index contributed by atoms with van der Waals surface area (Å²) in [7, 11) is 0. The van der Waals surface area contributed by atoms with Gasteiger partial charge in [0.2, 0.25) is 5.91 Å². The second kappa shape index (κ2) is 12.1. The van der Waals surface area contributed by atoms with Gasteiger partial charge in [0, 0.05) is 12.1 Å². The number of thiocarbonyl (C=S) groups is 1. The first-order valence-electron chi connectivity index (χ1n) is 9.88. The van der Waals surface area contributed by atoms with Crippen molar-refractivity contribution in [3.63, 3.8) is 0 Å². The summed E-state index contributed by atoms with van der Waals surface area (Å²) in [5.41, 5.74) is 1.46. The Morgan fingerprint density at radius 1 is 1.07 bits per heavy atom. The summed E-state index contributed by atoms with van der Waals surface area (Å²) in [4.78, 5) is 24.5. The number of carbonyl (C=O) groups is 2. The lowest BCUT2D eigenvalue weighted by molar-refractivity contribution is -0.116. The molecule has 0 atom stereocenters. The number of benzene rings is 2. The highest BCUT2D eigenvalue weighted by atomic mass is 35.5. The largest absolute Gasteiger partial charge is 0.493 e. The number of anilines is 2. The van der Waals surface area contributed by atoms with Crippen molar-refractivity contribution >= 4 is 52.1 Å². The fourth-order valence-corrected chi connectivity index (χ4v) is 2.95. The molecule has 0 heterocycles. The molecule has 3 N–H and O–H groups in total. The van der Waals surface area contributed by atoms with E-state index in [1.54, 1.807) is 36.4 Å². The van der Waals surface area contributed by atoms with Gasteiger partial charge in [-0.3, -0.25) is 14.9 Å². The summed E-state index contributed by atoms with van der Waals surface area (Å²) < 4.78 is 5.70. The van der Waals surface area contributed by atoms with Crippen LogP contribution in [-0.2, 0) is 4.79 Å². The number of para-hydroxylation sites is 1. The van der Waals surface area contributed by atoms with E-state index in [1.807, 2.05) is 13.0 Å². The normalized spacial score (nSPS) is 10.2. The highest BCUT2D eigenvalue weighted by molar-refractivity contribution is 7.80. The monoisotopic (exact) mass is 447 g/mol. The van der Waals surface area contributed by atoms with Crippen LogP contribution in [-0.4, -0.2) is 23.5 Å². The van der Waals surface area contributed by atoms with E-state index in [0.29, 0.717) is 40.7 Å². The summed E-state index contributed by atoms with van der Waals surface area (Å²) in [5.74, 6) is 0.0365. The maximum Gasteiger partial charge on any atom is 0.261 e. The van der Waals surface area contributed by atoms with E-state index in [1.165, 1.54) is 0 Å². The van der Waals surface area contributed by atoms with E-state index >= 15 is 0 Å². The molecule has 160 valence electrons. The van der Waals surface area contributed by atoms with Crippen LogP contribution in [0.25, 0.3) is 0 Å². The predicted octanol–water partition coefficient (Wildman–Crippen LogP) is 5.38. The molecule has 0 radical (unpaired) electrons. The van der Waals surface area contributed by atoms with Crippen molar-refractivity contribution in [3.05, 3.63) is 53.1 Å². The number of rotatable bonds is 9. The SMILES string of the molecule is CCCCOc1ccccc1C(=O)NC(=S)Nc1cc(NC(=O)CCC)ccc1Cl. The topological polar surface area (TPSA) is 79.5 Å². The maximum atomic E-state index is 12.7. The molecule has 30 heavy (non-hydrogen) atoms. The zero-order valence-corrected chi connectivity index (χ0v) is 18.7. The third-order valence-corrected chi connectivity index (χ3v) is 4.62. The molecule has 0 spiro atoms. The van der Waals surface area contributed by atoms with E-state index in [0.717, 1.165) is 19.3 Å². The van der Waals surface area contributed by atoms with Crippen molar-refractivity contribution < 1.29 is 14.3 Å². The van der Waals surface area contributed by atoms with Gasteiger partial charge >= 0.3 is 0 Å². The Morgan fingerprint density at radius 2 is 1.83 bits per heavy atom. The Balaban J connectivity index is 2.04. The second-order valence-electron chi connectivity index (χ2n) is 6.60. The molecule has 0 saturated carbocycles. The van der Waals surface area contributed by atoms with E-state index < -0.39 is 0 Å². The molecule has 0 aliphatic heterocycles. The zero-order chi connectivity index (χ0) is 21.9. The van der Waals surface area contributed by atoms with Crippen molar-refractivity contribution in [3.8, 4) is 5.75 Å². The highest BCUT2D eigenvalue weighted by Gasteiger charge is 2.14. The Bertz CT molecular complexity index is 905. The third kappa shape index (κ3) is 7.31. The van der Waals surface area contributed by atoms with Gasteiger partial charge in [0.1, 0.15) is 5.75 Å². The van der Waals surface area contributed by atoms with Crippen LogP contribution in [0.1, 0.15) is 49.9 Å². The summed E-state index contributed by atoms with van der Waals surface area (Å²) in [5, 5.41) is 8.83. The average molecular weight is 448 g/mol. The second-order valence-corrected chi connectivity index (χ2v) is 7.41. The lowest BCUT2D eigenvalue weighted by atomic mass is 10.2. The fraction of sp³-hybridized carbons (Fsp3) is 0.318. The molecule has 0 saturated heterocycles. The fourth-order valence-electron chi connectivity index (χ4n) is 2.58. The van der Waals surface area contributed by atoms with Crippen LogP contribution in [0.3, 0.4) is 0 Å². The first-order valence-corrected chi connectivity index (χ1v) is 10.7. The van der Waals surface area contributed by atoms with E-state index in [4.69, 9.17) is 28.6 Å². The highest BCUT2D eigenvalue weighted by Crippen LogP contribution is 2.26. The van der Waals surface area contributed by atoms with Crippen molar-refractivity contribution in [2.75, 3.05) is 17.2 Å². The van der Waals surface area contributed by atoms with Crippen LogP contribution >= 0.6 is 23.8 Å². The predicted molar refractivity (Wildman–Crippen MR) is 126 cm³/mol. The molecule has 2 aromatic carbocycles. The van der Waals surface area contributed by atoms with Gasteiger partial charge in [-0.25, -0.2) is 0 Å². The molecule has 0 aliphatic carbocycles. The Hall–Kier alpha value is -2.64. The summed E-state index contributed by atoms with van der Waals surface area (Å²) in [6.45, 7) is 4.54. The van der Waals surface area contributed by atoms with Crippen molar-refractivity contribution in [2.45, 2.75) is 39.5 Å². The summed E-state index contributed by atoms with van der Waals surface area (Å²) in [6, 6.07) is 12.0. The van der Waals surface area contributed by atoms with Crippen LogP contribution in [0, 0.1) is 0 Å². The van der Waals surface area contributed by atoms with Crippen molar-refractivity contribution in [2.24, 2.45) is 0 Å². The molecule has 0 bridgehead atoms. The number of unbranched alkanes of at least 4 members (excludes halogenated alkanes) is 1. The van der Waals surface area contributed by atoms with Gasteiger partial charge < -0.3 is 15.4 Å². The third-order valence-electron chi connectivity index (χ3n) is 4.09. The van der Waals surface area contributed by atoms with Gasteiger partial charge in [-0.15, -0.1) is 0 Å². The number of ether oxygens (including phenoxy) is 1. The Kier molecular flexibility index (Phi) is 9.57. The lowest BCUT2D eigenvalue weighted by Gasteiger charge is -2.14. The van der Waals surface area contributed by atoms with Gasteiger partial charge in [0.25, 0.3) is 5.91 Å². The molecular weight excluding hydrogens is 422 g/mol. The molecular formula is C22H26ClN3O3S. The van der Waals surface area contributed by atoms with Gasteiger partial charge in [-0.2, -0.15) is 0 Å². The van der Waals surface area contributed by atoms with Crippen LogP contribution < -0.4 is 20.7 Å². The van der Waals surface area contributed by atoms with Gasteiger partial charge in [0.05, 0.1) is 22.9 Å². The molecule has 0 unspecified atom stereocenters. The lowest BCUT2D eigenvalue weighted by Crippen LogP contribution is -2.34. The smallest absolute Gasteiger partial charge is 0.261 e. The number of hydrogen-bond donors (Lipinski definition) is 3. The quantitative estimate of drug-likeness (QED) is 0.355. The average Bonchev–Trinajstić information content (AvgIpc) is 2.71. The number of amides is 2. The van der Waals surface area contributed by atoms with Gasteiger partial charge in [-0.1, -0.05) is 44.0 Å². The first kappa shape index (κ1) is 23.6. The molecule has 0 aromatic heterocycles. The van der Waals surface area contributed by atoms with Crippen LogP contribution in [0.5, 0.6) is 5.75 Å². The van der Waals surface area contributed by atoms with Crippen LogP contribution in [0.15, 0.2) is 42.5 Å². The molecule has 0 fully saturated rings. The number of nitrogens with one attached hydrogen (secondary N) is 3. The minimum atomic E-state index is -0.386. The van der Waals surface area contributed by atoms with Crippen molar-refractivity contribution in [1.82, 2.24) is 5.32 Å². The standard InChI is InChI=1S/C22H26ClN3O3S/c1-3-5-13-29-19-10-7-6-9-16(19)21(28)26-22(30)25-18-14-15(11-12-17(18)23)24-20(27)8-4-2/h6-7,9-12,14H,3-5,8,13H2,1-2H3,(H,24,27)(H2,25,26,28,30). The maximum absolute atomic E-state index is 12.7. The molecule has 2 rings (SSSR count). The Labute approximate surface area is 187 Å². The number of carbonyl (C=O) groups excluding carboxylic acids is 2. The minimum Gasteiger partial charge on any atom is -0.493 e. The molecule has 0 aliphatic rings. The van der Waals surface area contributed by atoms with Gasteiger partial charge in [-0.05, 0) is 55.4 Å². The van der Waals surface area contributed by atoms with E-state index in [9.17, 15) is 9.59 Å². The minimum absolute atomic E-state index is 0.0821. The molecule has 8 heteroatoms. The molecule has 6 nitrogen and oxygen atoms in total. The zero-order valence-electron chi connectivity index (χ0n) is 17.1. The van der Waals surface area contributed by atoms with E-state index in [-0.39, 0.29) is 16.9 Å².